The van der Waals surface area contributed by atoms with Crippen molar-refractivity contribution < 1.29 is 29.0 Å². The number of hydrogen-bond donors (Lipinski definition) is 1. The van der Waals surface area contributed by atoms with Crippen LogP contribution in [0.25, 0.3) is 20.2 Å². The first kappa shape index (κ1) is 29.3. The van der Waals surface area contributed by atoms with E-state index in [4.69, 9.17) is 9.47 Å². The second kappa shape index (κ2) is 8.87. The van der Waals surface area contributed by atoms with Gasteiger partial charge in [0.1, 0.15) is 6.23 Å². The summed E-state index contributed by atoms with van der Waals surface area (Å²) < 4.78 is 13.4. The maximum Gasteiger partial charge on any atom is 0.308 e. The van der Waals surface area contributed by atoms with Crippen LogP contribution in [-0.2, 0) is 14.4 Å². The number of esters is 2. The van der Waals surface area contributed by atoms with Crippen LogP contribution < -0.4 is 19.3 Å². The first-order valence-corrected chi connectivity index (χ1v) is 19.5. The molecular weight excluding hydrogens is 657 g/mol. The standard InChI is InChI=1S/C39H38N2O6S2/c1-7-19-11-41(21-9-23(47-18(6)43)35-26(27(19)21)16(4)13-49-35)37(45)39-31-28-32(39)30-33(39)29(31)38(28,30)36(44)40-10-14(2)24-20(40)8-22(46-17(5)42)34-25(24)15(3)12-48-34/h8-9,12-14,19,28-33,37,45H,7,10-11H2,1-6H3/t14-,19-,28?,29?,30?,31?,32?,33?,37?,38?,39?/m1/s1. The van der Waals surface area contributed by atoms with Crippen molar-refractivity contribution in [2.24, 2.45) is 46.3 Å². The number of ether oxygens (including phenoxy) is 2. The highest BCUT2D eigenvalue weighted by Crippen LogP contribution is 3.11. The monoisotopic (exact) mass is 694 g/mol. The molecule has 10 heteroatoms. The number of thiophene rings is 2. The van der Waals surface area contributed by atoms with E-state index in [1.54, 1.807) is 22.7 Å². The highest BCUT2D eigenvalue weighted by Gasteiger charge is 3.12. The van der Waals surface area contributed by atoms with E-state index in [9.17, 15) is 19.5 Å². The van der Waals surface area contributed by atoms with E-state index in [2.05, 4.69) is 43.4 Å². The second-order valence-electron chi connectivity index (χ2n) is 16.1. The Balaban J connectivity index is 0.919. The smallest absolute Gasteiger partial charge is 0.308 e. The molecule has 6 fully saturated rings. The minimum absolute atomic E-state index is 0.138. The first-order valence-electron chi connectivity index (χ1n) is 17.7. The Morgan fingerprint density at radius 3 is 1.92 bits per heavy atom. The molecule has 6 saturated carbocycles. The molecule has 2 aromatic carbocycles. The summed E-state index contributed by atoms with van der Waals surface area (Å²) in [6.45, 7) is 12.9. The van der Waals surface area contributed by atoms with Gasteiger partial charge in [0.2, 0.25) is 5.91 Å². The molecule has 8 aliphatic rings. The number of rotatable bonds is 6. The van der Waals surface area contributed by atoms with Crippen LogP contribution in [0.15, 0.2) is 22.9 Å². The van der Waals surface area contributed by atoms with E-state index >= 15 is 0 Å². The predicted molar refractivity (Wildman–Crippen MR) is 189 cm³/mol. The Morgan fingerprint density at radius 2 is 1.39 bits per heavy atom. The number of nitrogens with zero attached hydrogens (tertiary/aromatic N) is 2. The van der Waals surface area contributed by atoms with E-state index in [0.29, 0.717) is 59.5 Å². The molecule has 2 aliphatic heterocycles. The Labute approximate surface area is 292 Å². The normalized spacial score (nSPS) is 36.6. The molecule has 6 aliphatic carbocycles. The van der Waals surface area contributed by atoms with Gasteiger partial charge in [-0.1, -0.05) is 13.8 Å². The van der Waals surface area contributed by atoms with Crippen LogP contribution in [0.1, 0.15) is 68.2 Å². The van der Waals surface area contributed by atoms with Gasteiger partial charge in [-0.05, 0) is 88.8 Å². The van der Waals surface area contributed by atoms with Gasteiger partial charge < -0.3 is 24.4 Å². The van der Waals surface area contributed by atoms with E-state index in [-0.39, 0.29) is 34.6 Å². The summed E-state index contributed by atoms with van der Waals surface area (Å²) in [4.78, 5) is 43.2. The predicted octanol–water partition coefficient (Wildman–Crippen LogP) is 7.10. The Morgan fingerprint density at radius 1 is 0.857 bits per heavy atom. The lowest BCUT2D eigenvalue weighted by Gasteiger charge is -3.11. The van der Waals surface area contributed by atoms with Crippen molar-refractivity contribution in [2.45, 2.75) is 66.0 Å². The molecule has 0 radical (unpaired) electrons. The molecule has 252 valence electrons. The third kappa shape index (κ3) is 2.84. The maximum atomic E-state index is 14.8. The molecule has 0 spiro atoms. The molecule has 12 rings (SSSR count). The van der Waals surface area contributed by atoms with Gasteiger partial charge in [0.05, 0.1) is 20.5 Å². The van der Waals surface area contributed by atoms with Crippen LogP contribution in [0.4, 0.5) is 11.4 Å². The van der Waals surface area contributed by atoms with Gasteiger partial charge in [0, 0.05) is 72.8 Å². The zero-order chi connectivity index (χ0) is 33.8. The summed E-state index contributed by atoms with van der Waals surface area (Å²) in [5, 5.41) is 19.0. The van der Waals surface area contributed by atoms with E-state index < -0.39 is 6.23 Å². The molecule has 49 heavy (non-hydrogen) atoms. The number of hydrogen-bond acceptors (Lipinski definition) is 9. The molecule has 4 heterocycles. The molecule has 0 bridgehead atoms. The highest BCUT2D eigenvalue weighted by atomic mass is 32.1. The van der Waals surface area contributed by atoms with Gasteiger partial charge in [-0.25, -0.2) is 0 Å². The van der Waals surface area contributed by atoms with Gasteiger partial charge in [-0.3, -0.25) is 14.4 Å². The van der Waals surface area contributed by atoms with E-state index in [1.165, 1.54) is 35.9 Å². The molecular formula is C39H38N2O6S2. The number of aryl methyl sites for hydroxylation is 2. The lowest BCUT2D eigenvalue weighted by molar-refractivity contribution is -0.652. The Bertz CT molecular complexity index is 2210. The average molecular weight is 695 g/mol. The fourth-order valence-corrected chi connectivity index (χ4v) is 15.3. The lowest BCUT2D eigenvalue weighted by Crippen LogP contribution is -3.13. The fourth-order valence-electron chi connectivity index (χ4n) is 13.3. The fraction of sp³-hybridized carbons (Fsp3) is 0.513. The largest absolute Gasteiger partial charge is 0.425 e. The number of aliphatic hydroxyl groups excluding tert-OH is 1. The van der Waals surface area contributed by atoms with Crippen molar-refractivity contribution in [3.8, 4) is 11.5 Å². The van der Waals surface area contributed by atoms with Gasteiger partial charge in [0.15, 0.2) is 11.5 Å². The van der Waals surface area contributed by atoms with Crippen LogP contribution >= 0.6 is 22.7 Å². The van der Waals surface area contributed by atoms with E-state index in [0.717, 1.165) is 44.7 Å². The zero-order valence-electron chi connectivity index (χ0n) is 28.3. The van der Waals surface area contributed by atoms with Crippen LogP contribution in [0, 0.1) is 60.2 Å². The number of aliphatic hydroxyl groups is 1. The lowest BCUT2D eigenvalue weighted by atomic mass is 8.92. The van der Waals surface area contributed by atoms with Crippen LogP contribution in [0.3, 0.4) is 0 Å². The third-order valence-electron chi connectivity index (χ3n) is 14.5. The molecule has 3 atom stereocenters. The van der Waals surface area contributed by atoms with Gasteiger partial charge in [-0.15, -0.1) is 22.7 Å². The third-order valence-corrected chi connectivity index (χ3v) is 16.7. The number of anilines is 2. The summed E-state index contributed by atoms with van der Waals surface area (Å²) >= 11 is 3.21. The van der Waals surface area contributed by atoms with Gasteiger partial charge in [-0.2, -0.15) is 0 Å². The highest BCUT2D eigenvalue weighted by molar-refractivity contribution is 7.18. The van der Waals surface area contributed by atoms with Crippen molar-refractivity contribution in [1.82, 2.24) is 0 Å². The first-order chi connectivity index (χ1) is 23.5. The van der Waals surface area contributed by atoms with Crippen molar-refractivity contribution in [3.05, 3.63) is 45.1 Å². The number of fused-ring (bicyclic) bond motifs is 6. The number of amides is 1. The van der Waals surface area contributed by atoms with Crippen molar-refractivity contribution in [2.75, 3.05) is 22.9 Å². The van der Waals surface area contributed by atoms with Gasteiger partial charge in [0.25, 0.3) is 0 Å². The molecule has 1 unspecified atom stereocenters. The van der Waals surface area contributed by atoms with E-state index in [1.807, 2.05) is 17.0 Å². The minimum Gasteiger partial charge on any atom is -0.425 e. The molecule has 2 aromatic heterocycles. The average Bonchev–Trinajstić information content (AvgIpc) is 3.83. The SMILES string of the molecule is CC[C@@H]1CN(C(O)C23C4C5C2C2C3C4C52C(=O)N2C[C@@H](C)c3c2cc(OC(C)=O)c2scc(C)c32)c2cc(OC(C)=O)c3scc(C)c3c21. The van der Waals surface area contributed by atoms with Crippen LogP contribution in [0.5, 0.6) is 11.5 Å². The second-order valence-corrected chi connectivity index (χ2v) is 17.8. The van der Waals surface area contributed by atoms with Crippen molar-refractivity contribution in [3.63, 3.8) is 0 Å². The Hall–Kier alpha value is -3.47. The molecule has 0 saturated heterocycles. The van der Waals surface area contributed by atoms with Crippen LogP contribution in [-0.4, -0.2) is 42.3 Å². The summed E-state index contributed by atoms with van der Waals surface area (Å²) in [5.41, 5.74) is 6.30. The molecule has 1 amide bonds. The number of carbonyl (C=O) groups is 3. The zero-order valence-corrected chi connectivity index (χ0v) is 30.0. The maximum absolute atomic E-state index is 14.8. The summed E-state index contributed by atoms with van der Waals surface area (Å²) in [5.74, 6) is 3.35. The molecule has 8 nitrogen and oxygen atoms in total. The van der Waals surface area contributed by atoms with Crippen LogP contribution in [0.2, 0.25) is 0 Å². The Kier molecular flexibility index (Phi) is 5.30. The molecule has 1 N–H and O–H groups in total. The van der Waals surface area contributed by atoms with Crippen molar-refractivity contribution >= 4 is 72.1 Å². The summed E-state index contributed by atoms with van der Waals surface area (Å²) in [6, 6.07) is 3.94. The quantitative estimate of drug-likeness (QED) is 0.170. The van der Waals surface area contributed by atoms with Gasteiger partial charge >= 0.3 is 11.9 Å². The topological polar surface area (TPSA) is 96.4 Å². The molecule has 4 aromatic rings. The number of benzene rings is 2. The van der Waals surface area contributed by atoms with Crippen molar-refractivity contribution in [1.29, 1.82) is 0 Å². The minimum atomic E-state index is -0.616. The summed E-state index contributed by atoms with van der Waals surface area (Å²) in [6.07, 6.45) is 0.351. The number of carbonyl (C=O) groups excluding carboxylic acids is 3. The summed E-state index contributed by atoms with van der Waals surface area (Å²) in [7, 11) is 0.